The highest BCUT2D eigenvalue weighted by atomic mass is 79.9. The number of hydrogen-bond donors (Lipinski definition) is 0. The average molecular weight is 239 g/mol. The van der Waals surface area contributed by atoms with E-state index in [-0.39, 0.29) is 0 Å². The molecule has 1 aromatic carbocycles. The van der Waals surface area contributed by atoms with Crippen LogP contribution in [0, 0.1) is 0 Å². The van der Waals surface area contributed by atoms with Crippen molar-refractivity contribution in [3.05, 3.63) is 33.8 Å². The van der Waals surface area contributed by atoms with Gasteiger partial charge in [0.25, 0.3) is 0 Å². The van der Waals surface area contributed by atoms with Gasteiger partial charge >= 0.3 is 0 Å². The number of aliphatic imine (C=N–C) groups is 2. The number of nitrogens with zero attached hydrogens (tertiary/aromatic N) is 2. The highest BCUT2D eigenvalue weighted by molar-refractivity contribution is 9.10. The summed E-state index contributed by atoms with van der Waals surface area (Å²) < 4.78 is 1.04. The first kappa shape index (κ1) is 10.1. The molecule has 0 unspecified atom stereocenters. The number of hydrogen-bond acceptors (Lipinski definition) is 2. The van der Waals surface area contributed by atoms with Crippen molar-refractivity contribution >= 4 is 28.4 Å². The van der Waals surface area contributed by atoms with Crippen LogP contribution in [0.25, 0.3) is 0 Å². The zero-order valence-corrected chi connectivity index (χ0v) is 9.25. The fraction of sp³-hybridized carbons (Fsp3) is 0.200. The molecule has 0 N–H and O–H groups in total. The normalized spacial score (nSPS) is 11.6. The number of benzene rings is 1. The fourth-order valence-corrected chi connectivity index (χ4v) is 1.61. The molecule has 68 valence electrons. The molecular formula is C10H11BrN2. The summed E-state index contributed by atoms with van der Waals surface area (Å²) in [5.74, 6) is 0. The Hall–Kier alpha value is -0.960. The summed E-state index contributed by atoms with van der Waals surface area (Å²) in [4.78, 5) is 7.92. The summed E-state index contributed by atoms with van der Waals surface area (Å²) in [6, 6.07) is 6.06. The van der Waals surface area contributed by atoms with Gasteiger partial charge in [-0.2, -0.15) is 0 Å². The van der Waals surface area contributed by atoms with E-state index in [2.05, 4.69) is 25.9 Å². The summed E-state index contributed by atoms with van der Waals surface area (Å²) >= 11 is 3.43. The molecule has 0 aliphatic carbocycles. The second-order valence-corrected chi connectivity index (χ2v) is 3.51. The minimum absolute atomic E-state index is 1.04. The zero-order valence-electron chi connectivity index (χ0n) is 7.66. The predicted octanol–water partition coefficient (Wildman–Crippen LogP) is 2.55. The van der Waals surface area contributed by atoms with Gasteiger partial charge in [-0.25, -0.2) is 0 Å². The second kappa shape index (κ2) is 4.92. The van der Waals surface area contributed by atoms with E-state index in [1.807, 2.05) is 30.6 Å². The lowest BCUT2D eigenvalue weighted by Crippen LogP contribution is -1.86. The molecule has 0 radical (unpaired) electrons. The average Bonchev–Trinajstić information content (AvgIpc) is 2.04. The Morgan fingerprint density at radius 3 is 1.85 bits per heavy atom. The summed E-state index contributed by atoms with van der Waals surface area (Å²) in [6.45, 7) is 0. The van der Waals surface area contributed by atoms with Crippen molar-refractivity contribution in [3.63, 3.8) is 0 Å². The highest BCUT2D eigenvalue weighted by Crippen LogP contribution is 2.13. The van der Waals surface area contributed by atoms with Crippen LogP contribution in [-0.2, 0) is 0 Å². The Kier molecular flexibility index (Phi) is 3.83. The maximum absolute atomic E-state index is 3.96. The smallest absolute Gasteiger partial charge is 0.0281 e. The molecule has 0 amide bonds. The molecular weight excluding hydrogens is 228 g/mol. The van der Waals surface area contributed by atoms with Gasteiger partial charge in [-0.1, -0.05) is 15.9 Å². The molecule has 0 spiro atoms. The molecule has 2 nitrogen and oxygen atoms in total. The van der Waals surface area contributed by atoms with Gasteiger partial charge in [-0.3, -0.25) is 9.98 Å². The van der Waals surface area contributed by atoms with Gasteiger partial charge in [0, 0.05) is 31.0 Å². The predicted molar refractivity (Wildman–Crippen MR) is 61.2 cm³/mol. The molecule has 0 saturated carbocycles. The Balaban J connectivity index is 3.10. The van der Waals surface area contributed by atoms with Gasteiger partial charge in [0.2, 0.25) is 0 Å². The van der Waals surface area contributed by atoms with E-state index in [1.54, 1.807) is 14.1 Å². The van der Waals surface area contributed by atoms with Crippen molar-refractivity contribution in [1.29, 1.82) is 0 Å². The van der Waals surface area contributed by atoms with E-state index >= 15 is 0 Å². The van der Waals surface area contributed by atoms with E-state index in [1.165, 1.54) is 0 Å². The molecule has 3 heteroatoms. The summed E-state index contributed by atoms with van der Waals surface area (Å²) in [5, 5.41) is 0. The molecule has 0 fully saturated rings. The van der Waals surface area contributed by atoms with Gasteiger partial charge < -0.3 is 0 Å². The minimum Gasteiger partial charge on any atom is -0.296 e. The van der Waals surface area contributed by atoms with Crippen molar-refractivity contribution in [1.82, 2.24) is 0 Å². The molecule has 0 heterocycles. The van der Waals surface area contributed by atoms with Gasteiger partial charge in [-0.05, 0) is 29.3 Å². The molecule has 1 rings (SSSR count). The van der Waals surface area contributed by atoms with E-state index in [9.17, 15) is 0 Å². The van der Waals surface area contributed by atoms with E-state index in [0.29, 0.717) is 0 Å². The first-order valence-electron chi connectivity index (χ1n) is 3.91. The highest BCUT2D eigenvalue weighted by Gasteiger charge is 1.94. The maximum Gasteiger partial charge on any atom is 0.0281 e. The third-order valence-corrected chi connectivity index (χ3v) is 1.96. The van der Waals surface area contributed by atoms with Crippen molar-refractivity contribution in [2.24, 2.45) is 9.98 Å². The summed E-state index contributed by atoms with van der Waals surface area (Å²) in [5.41, 5.74) is 2.15. The third-order valence-electron chi connectivity index (χ3n) is 1.50. The van der Waals surface area contributed by atoms with Crippen LogP contribution in [0.15, 0.2) is 32.7 Å². The third kappa shape index (κ3) is 3.11. The molecule has 0 aliphatic heterocycles. The molecule has 0 atom stereocenters. The molecule has 0 aliphatic rings. The molecule has 0 saturated heterocycles. The molecule has 0 bridgehead atoms. The lowest BCUT2D eigenvalue weighted by Gasteiger charge is -1.97. The van der Waals surface area contributed by atoms with Gasteiger partial charge in [0.15, 0.2) is 0 Å². The second-order valence-electron chi connectivity index (χ2n) is 2.59. The lowest BCUT2D eigenvalue weighted by atomic mass is 10.1. The van der Waals surface area contributed by atoms with E-state index in [4.69, 9.17) is 0 Å². The monoisotopic (exact) mass is 238 g/mol. The Bertz CT molecular complexity index is 313. The van der Waals surface area contributed by atoms with Crippen LogP contribution in [0.5, 0.6) is 0 Å². The summed E-state index contributed by atoms with van der Waals surface area (Å²) in [6.07, 6.45) is 3.63. The first-order chi connectivity index (χ1) is 6.26. The molecule has 0 aromatic heterocycles. The van der Waals surface area contributed by atoms with Crippen LogP contribution in [0.3, 0.4) is 0 Å². The standard InChI is InChI=1S/C10H11BrN2/c1-12-6-8-3-9(7-13-2)5-10(11)4-8/h3-7H,1-2H3. The van der Waals surface area contributed by atoms with Crippen molar-refractivity contribution in [2.45, 2.75) is 0 Å². The van der Waals surface area contributed by atoms with Crippen LogP contribution in [0.2, 0.25) is 0 Å². The van der Waals surface area contributed by atoms with E-state index in [0.717, 1.165) is 15.6 Å². The van der Waals surface area contributed by atoms with Crippen LogP contribution in [0.4, 0.5) is 0 Å². The van der Waals surface area contributed by atoms with Crippen LogP contribution in [0.1, 0.15) is 11.1 Å². The van der Waals surface area contributed by atoms with Crippen molar-refractivity contribution in [3.8, 4) is 0 Å². The summed E-state index contributed by atoms with van der Waals surface area (Å²) in [7, 11) is 3.52. The van der Waals surface area contributed by atoms with Crippen LogP contribution >= 0.6 is 15.9 Å². The van der Waals surface area contributed by atoms with Gasteiger partial charge in [-0.15, -0.1) is 0 Å². The zero-order chi connectivity index (χ0) is 9.68. The Morgan fingerprint density at radius 2 is 1.46 bits per heavy atom. The molecule has 1 aromatic rings. The van der Waals surface area contributed by atoms with Gasteiger partial charge in [0.05, 0.1) is 0 Å². The van der Waals surface area contributed by atoms with Crippen molar-refractivity contribution in [2.75, 3.05) is 14.1 Å². The largest absolute Gasteiger partial charge is 0.296 e. The quantitative estimate of drug-likeness (QED) is 0.708. The first-order valence-corrected chi connectivity index (χ1v) is 4.70. The Morgan fingerprint density at radius 1 is 1.00 bits per heavy atom. The van der Waals surface area contributed by atoms with Crippen molar-refractivity contribution < 1.29 is 0 Å². The van der Waals surface area contributed by atoms with Crippen LogP contribution in [-0.4, -0.2) is 26.5 Å². The lowest BCUT2D eigenvalue weighted by molar-refractivity contribution is 1.44. The van der Waals surface area contributed by atoms with Gasteiger partial charge in [0.1, 0.15) is 0 Å². The number of halogens is 1. The fourth-order valence-electron chi connectivity index (χ4n) is 1.08. The number of rotatable bonds is 2. The SMILES string of the molecule is CN=Cc1cc(Br)cc(C=NC)c1. The minimum atomic E-state index is 1.04. The van der Waals surface area contributed by atoms with E-state index < -0.39 is 0 Å². The van der Waals surface area contributed by atoms with Crippen LogP contribution < -0.4 is 0 Å². The Labute approximate surface area is 86.5 Å². The topological polar surface area (TPSA) is 24.7 Å². The molecule has 13 heavy (non-hydrogen) atoms. The maximum atomic E-state index is 3.96.